The molecule has 1 aromatic rings. The van der Waals surface area contributed by atoms with Crippen molar-refractivity contribution in [3.8, 4) is 0 Å². The summed E-state index contributed by atoms with van der Waals surface area (Å²) in [6.45, 7) is 4.74. The highest BCUT2D eigenvalue weighted by molar-refractivity contribution is 7.91. The molecule has 2 aliphatic rings. The van der Waals surface area contributed by atoms with Gasteiger partial charge in [0.15, 0.2) is 9.84 Å². The Balaban J connectivity index is 1.47. The molecule has 2 amide bonds. The molecule has 0 bridgehead atoms. The molecule has 2 heterocycles. The summed E-state index contributed by atoms with van der Waals surface area (Å²) in [6, 6.07) is 9.87. The lowest BCUT2D eigenvalue weighted by atomic mass is 10.0. The fourth-order valence-corrected chi connectivity index (χ4v) is 5.77. The highest BCUT2D eigenvalue weighted by atomic mass is 32.2. The van der Waals surface area contributed by atoms with Gasteiger partial charge in [-0.15, -0.1) is 0 Å². The average molecular weight is 408 g/mol. The van der Waals surface area contributed by atoms with E-state index in [2.05, 4.69) is 22.3 Å². The summed E-state index contributed by atoms with van der Waals surface area (Å²) < 4.78 is 23.4. The Morgan fingerprint density at radius 2 is 1.82 bits per heavy atom. The maximum atomic E-state index is 12.6. The van der Waals surface area contributed by atoms with Crippen molar-refractivity contribution in [1.82, 2.24) is 15.1 Å². The van der Waals surface area contributed by atoms with Crippen molar-refractivity contribution in [3.05, 3.63) is 35.9 Å². The number of hydrogen-bond donors (Lipinski definition) is 1. The zero-order chi connectivity index (χ0) is 20.1. The predicted molar refractivity (Wildman–Crippen MR) is 107 cm³/mol. The molecule has 0 aromatic heterocycles. The molecule has 28 heavy (non-hydrogen) atoms. The van der Waals surface area contributed by atoms with Crippen molar-refractivity contribution in [1.29, 1.82) is 0 Å². The molecule has 0 aliphatic carbocycles. The van der Waals surface area contributed by atoms with Gasteiger partial charge in [0.1, 0.15) is 0 Å². The minimum atomic E-state index is -3.10. The Morgan fingerprint density at radius 1 is 1.14 bits per heavy atom. The van der Waals surface area contributed by atoms with Gasteiger partial charge >= 0.3 is 11.8 Å². The third-order valence-electron chi connectivity index (χ3n) is 5.62. The quantitative estimate of drug-likeness (QED) is 0.730. The van der Waals surface area contributed by atoms with Crippen molar-refractivity contribution < 1.29 is 18.0 Å². The first-order chi connectivity index (χ1) is 13.4. The normalized spacial score (nSPS) is 22.7. The second kappa shape index (κ2) is 9.05. The molecule has 1 N–H and O–H groups in total. The number of sulfone groups is 1. The summed E-state index contributed by atoms with van der Waals surface area (Å²) in [4.78, 5) is 28.8. The molecule has 2 saturated heterocycles. The van der Waals surface area contributed by atoms with E-state index in [-0.39, 0.29) is 23.6 Å². The van der Waals surface area contributed by atoms with Gasteiger partial charge in [0, 0.05) is 38.3 Å². The minimum Gasteiger partial charge on any atom is -0.345 e. The molecule has 8 heteroatoms. The maximum absolute atomic E-state index is 12.6. The van der Waals surface area contributed by atoms with Crippen LogP contribution < -0.4 is 5.32 Å². The number of nitrogens with zero attached hydrogens (tertiary/aromatic N) is 2. The molecule has 0 spiro atoms. The molecule has 154 valence electrons. The van der Waals surface area contributed by atoms with E-state index in [0.29, 0.717) is 13.0 Å². The number of rotatable bonds is 5. The van der Waals surface area contributed by atoms with Crippen molar-refractivity contribution in [2.75, 3.05) is 31.1 Å². The molecule has 0 saturated carbocycles. The third-order valence-corrected chi connectivity index (χ3v) is 7.37. The molecule has 0 radical (unpaired) electrons. The molecule has 2 aliphatic heterocycles. The molecule has 7 nitrogen and oxygen atoms in total. The standard InChI is InChI=1S/C20H29N3O4S/c1-2-23(18-10-13-28(26,27)15-18)20(25)19(24)21-17-8-11-22(12-9-17)14-16-6-4-3-5-7-16/h3-7,17-18H,2,8-15H2,1H3,(H,21,24). The molecule has 1 aromatic carbocycles. The molecule has 2 fully saturated rings. The summed E-state index contributed by atoms with van der Waals surface area (Å²) in [5, 5.41) is 2.86. The number of nitrogens with one attached hydrogen (secondary N) is 1. The first kappa shape index (κ1) is 20.8. The second-order valence-corrected chi connectivity index (χ2v) is 9.89. The minimum absolute atomic E-state index is 0.0190. The average Bonchev–Trinajstić information content (AvgIpc) is 3.04. The van der Waals surface area contributed by atoms with E-state index < -0.39 is 21.7 Å². The highest BCUT2D eigenvalue weighted by Gasteiger charge is 2.36. The van der Waals surface area contributed by atoms with Crippen molar-refractivity contribution >= 4 is 21.7 Å². The number of piperidine rings is 1. The molecule has 1 unspecified atom stereocenters. The van der Waals surface area contributed by atoms with Gasteiger partial charge in [-0.25, -0.2) is 8.42 Å². The van der Waals surface area contributed by atoms with Crippen LogP contribution in [0.15, 0.2) is 30.3 Å². The lowest BCUT2D eigenvalue weighted by Gasteiger charge is -2.33. The van der Waals surface area contributed by atoms with Crippen LogP contribution in [0.3, 0.4) is 0 Å². The van der Waals surface area contributed by atoms with E-state index in [1.807, 2.05) is 18.2 Å². The molecular weight excluding hydrogens is 378 g/mol. The van der Waals surface area contributed by atoms with E-state index in [0.717, 1.165) is 32.5 Å². The van der Waals surface area contributed by atoms with E-state index in [1.165, 1.54) is 10.5 Å². The first-order valence-corrected chi connectivity index (χ1v) is 11.8. The Bertz CT molecular complexity index is 789. The maximum Gasteiger partial charge on any atom is 0.312 e. The van der Waals surface area contributed by atoms with Crippen LogP contribution >= 0.6 is 0 Å². The largest absolute Gasteiger partial charge is 0.345 e. The van der Waals surface area contributed by atoms with Crippen LogP contribution in [0.4, 0.5) is 0 Å². The van der Waals surface area contributed by atoms with Crippen LogP contribution in [-0.4, -0.2) is 73.3 Å². The van der Waals surface area contributed by atoms with Gasteiger partial charge in [0.05, 0.1) is 11.5 Å². The zero-order valence-electron chi connectivity index (χ0n) is 16.3. The summed E-state index contributed by atoms with van der Waals surface area (Å²) in [5.74, 6) is -1.19. The Morgan fingerprint density at radius 3 is 2.39 bits per heavy atom. The lowest BCUT2D eigenvalue weighted by Crippen LogP contribution is -2.52. The van der Waals surface area contributed by atoms with E-state index in [1.54, 1.807) is 6.92 Å². The number of amides is 2. The van der Waals surface area contributed by atoms with Gasteiger partial charge in [0.25, 0.3) is 0 Å². The fourth-order valence-electron chi connectivity index (χ4n) is 4.04. The Labute approximate surface area is 167 Å². The first-order valence-electron chi connectivity index (χ1n) is 9.96. The summed E-state index contributed by atoms with van der Waals surface area (Å²) in [5.41, 5.74) is 1.27. The van der Waals surface area contributed by atoms with Gasteiger partial charge in [-0.2, -0.15) is 0 Å². The summed E-state index contributed by atoms with van der Waals surface area (Å²) in [7, 11) is -3.10. The molecule has 3 rings (SSSR count). The number of carbonyl (C=O) groups is 2. The zero-order valence-corrected chi connectivity index (χ0v) is 17.2. The number of likely N-dealkylation sites (tertiary alicyclic amines) is 1. The lowest BCUT2D eigenvalue weighted by molar-refractivity contribution is -0.147. The third kappa shape index (κ3) is 5.32. The van der Waals surface area contributed by atoms with Gasteiger partial charge in [-0.3, -0.25) is 14.5 Å². The van der Waals surface area contributed by atoms with Gasteiger partial charge in [-0.1, -0.05) is 30.3 Å². The summed E-state index contributed by atoms with van der Waals surface area (Å²) >= 11 is 0. The molecular formula is C20H29N3O4S. The van der Waals surface area contributed by atoms with Crippen LogP contribution in [0.1, 0.15) is 31.7 Å². The van der Waals surface area contributed by atoms with Crippen molar-refractivity contribution in [2.45, 2.75) is 44.8 Å². The van der Waals surface area contributed by atoms with E-state index in [9.17, 15) is 18.0 Å². The Kier molecular flexibility index (Phi) is 6.72. The summed E-state index contributed by atoms with van der Waals surface area (Å²) in [6.07, 6.45) is 2.01. The van der Waals surface area contributed by atoms with Gasteiger partial charge in [-0.05, 0) is 31.7 Å². The van der Waals surface area contributed by atoms with Crippen LogP contribution in [0, 0.1) is 0 Å². The van der Waals surface area contributed by atoms with Crippen molar-refractivity contribution in [2.24, 2.45) is 0 Å². The van der Waals surface area contributed by atoms with Crippen molar-refractivity contribution in [3.63, 3.8) is 0 Å². The number of hydrogen-bond acceptors (Lipinski definition) is 5. The van der Waals surface area contributed by atoms with Crippen LogP contribution in [0.25, 0.3) is 0 Å². The van der Waals surface area contributed by atoms with Gasteiger partial charge in [0.2, 0.25) is 0 Å². The molecule has 1 atom stereocenters. The van der Waals surface area contributed by atoms with Crippen LogP contribution in [0.2, 0.25) is 0 Å². The smallest absolute Gasteiger partial charge is 0.312 e. The number of benzene rings is 1. The van der Waals surface area contributed by atoms with Crippen LogP contribution in [-0.2, 0) is 26.0 Å². The topological polar surface area (TPSA) is 86.8 Å². The number of likely N-dealkylation sites (N-methyl/N-ethyl adjacent to an activating group) is 1. The fraction of sp³-hybridized carbons (Fsp3) is 0.600. The van der Waals surface area contributed by atoms with E-state index >= 15 is 0 Å². The Hall–Kier alpha value is -1.93. The SMILES string of the molecule is CCN(C(=O)C(=O)NC1CCN(Cc2ccccc2)CC1)C1CCS(=O)(=O)C1. The van der Waals surface area contributed by atoms with E-state index in [4.69, 9.17) is 0 Å². The number of carbonyl (C=O) groups excluding carboxylic acids is 2. The van der Waals surface area contributed by atoms with Crippen LogP contribution in [0.5, 0.6) is 0 Å². The van der Waals surface area contributed by atoms with Gasteiger partial charge < -0.3 is 10.2 Å². The highest BCUT2D eigenvalue weighted by Crippen LogP contribution is 2.18. The second-order valence-electron chi connectivity index (χ2n) is 7.66. The predicted octanol–water partition coefficient (Wildman–Crippen LogP) is 0.803. The monoisotopic (exact) mass is 407 g/mol.